The SMILES string of the molecule is CC(C)c1ccc(CCNC(=O)c2ccc(CS(=O)(=O)N3CCOCC3)cc2)cc1. The standard InChI is InChI=1S/C23H30N2O4S/c1-18(2)21-7-3-19(4-8-21)11-12-24-23(26)22-9-5-20(6-10-22)17-30(27,28)25-13-15-29-16-14-25/h3-10,18H,11-17H2,1-2H3,(H,24,26). The molecule has 0 aromatic heterocycles. The third-order valence-electron chi connectivity index (χ3n) is 5.27. The van der Waals surface area contributed by atoms with Crippen LogP contribution in [0.25, 0.3) is 0 Å². The van der Waals surface area contributed by atoms with Gasteiger partial charge in [-0.3, -0.25) is 4.79 Å². The van der Waals surface area contributed by atoms with E-state index in [1.165, 1.54) is 15.4 Å². The van der Waals surface area contributed by atoms with Crippen LogP contribution in [-0.4, -0.2) is 51.5 Å². The number of ether oxygens (including phenoxy) is 1. The average Bonchev–Trinajstić information content (AvgIpc) is 2.75. The Balaban J connectivity index is 1.49. The van der Waals surface area contributed by atoms with Crippen LogP contribution in [0.5, 0.6) is 0 Å². The van der Waals surface area contributed by atoms with Gasteiger partial charge in [0, 0.05) is 25.2 Å². The highest BCUT2D eigenvalue weighted by Crippen LogP contribution is 2.15. The van der Waals surface area contributed by atoms with Gasteiger partial charge in [-0.25, -0.2) is 8.42 Å². The lowest BCUT2D eigenvalue weighted by atomic mass is 10.0. The summed E-state index contributed by atoms with van der Waals surface area (Å²) in [5, 5.41) is 2.92. The maximum absolute atomic E-state index is 12.5. The van der Waals surface area contributed by atoms with Crippen molar-refractivity contribution in [2.24, 2.45) is 0 Å². The fourth-order valence-electron chi connectivity index (χ4n) is 3.37. The highest BCUT2D eigenvalue weighted by atomic mass is 32.2. The third kappa shape index (κ3) is 6.14. The molecule has 1 aliphatic heterocycles. The molecule has 2 aromatic carbocycles. The molecule has 1 N–H and O–H groups in total. The Kier molecular flexibility index (Phi) is 7.64. The summed E-state index contributed by atoms with van der Waals surface area (Å²) in [5.41, 5.74) is 3.68. The lowest BCUT2D eigenvalue weighted by Crippen LogP contribution is -2.41. The second-order valence-corrected chi connectivity index (χ2v) is 9.84. The molecule has 0 bridgehead atoms. The topological polar surface area (TPSA) is 75.7 Å². The first kappa shape index (κ1) is 22.5. The van der Waals surface area contributed by atoms with Crippen molar-refractivity contribution in [3.8, 4) is 0 Å². The number of morpholine rings is 1. The van der Waals surface area contributed by atoms with Crippen LogP contribution in [0.3, 0.4) is 0 Å². The molecular formula is C23H30N2O4S. The summed E-state index contributed by atoms with van der Waals surface area (Å²) < 4.78 is 31.7. The van der Waals surface area contributed by atoms with Crippen molar-refractivity contribution in [3.63, 3.8) is 0 Å². The second kappa shape index (κ2) is 10.2. The summed E-state index contributed by atoms with van der Waals surface area (Å²) in [6, 6.07) is 15.2. The van der Waals surface area contributed by atoms with E-state index >= 15 is 0 Å². The molecule has 1 aliphatic rings. The van der Waals surface area contributed by atoms with Gasteiger partial charge in [0.2, 0.25) is 10.0 Å². The molecule has 0 atom stereocenters. The maximum Gasteiger partial charge on any atom is 0.251 e. The van der Waals surface area contributed by atoms with E-state index < -0.39 is 10.0 Å². The number of carbonyl (C=O) groups is 1. The molecule has 1 saturated heterocycles. The van der Waals surface area contributed by atoms with Crippen molar-refractivity contribution in [1.29, 1.82) is 0 Å². The van der Waals surface area contributed by atoms with Crippen LogP contribution < -0.4 is 5.32 Å². The van der Waals surface area contributed by atoms with Gasteiger partial charge in [0.15, 0.2) is 0 Å². The molecule has 0 saturated carbocycles. The number of sulfonamides is 1. The summed E-state index contributed by atoms with van der Waals surface area (Å²) in [6.45, 7) is 6.52. The zero-order valence-corrected chi connectivity index (χ0v) is 18.5. The highest BCUT2D eigenvalue weighted by Gasteiger charge is 2.24. The highest BCUT2D eigenvalue weighted by molar-refractivity contribution is 7.88. The van der Waals surface area contributed by atoms with Gasteiger partial charge in [-0.1, -0.05) is 50.2 Å². The molecule has 2 aromatic rings. The number of amides is 1. The lowest BCUT2D eigenvalue weighted by Gasteiger charge is -2.26. The van der Waals surface area contributed by atoms with E-state index in [1.807, 2.05) is 0 Å². The van der Waals surface area contributed by atoms with Crippen LogP contribution in [0.4, 0.5) is 0 Å². The van der Waals surface area contributed by atoms with Gasteiger partial charge in [0.05, 0.1) is 19.0 Å². The monoisotopic (exact) mass is 430 g/mol. The Bertz CT molecular complexity index is 932. The van der Waals surface area contributed by atoms with Crippen LogP contribution >= 0.6 is 0 Å². The number of hydrogen-bond donors (Lipinski definition) is 1. The normalized spacial score (nSPS) is 15.3. The fraction of sp³-hybridized carbons (Fsp3) is 0.435. The number of benzene rings is 2. The van der Waals surface area contributed by atoms with Crippen LogP contribution in [0.1, 0.15) is 46.8 Å². The fourth-order valence-corrected chi connectivity index (χ4v) is 4.87. The van der Waals surface area contributed by atoms with Crippen LogP contribution in [0, 0.1) is 0 Å². The van der Waals surface area contributed by atoms with Crippen LogP contribution in [0.15, 0.2) is 48.5 Å². The van der Waals surface area contributed by atoms with Gasteiger partial charge in [0.25, 0.3) is 5.91 Å². The molecule has 0 spiro atoms. The summed E-state index contributed by atoms with van der Waals surface area (Å²) in [7, 11) is -3.37. The number of hydrogen-bond acceptors (Lipinski definition) is 4. The first-order valence-corrected chi connectivity index (χ1v) is 12.0. The molecule has 1 heterocycles. The Morgan fingerprint density at radius 3 is 2.20 bits per heavy atom. The van der Waals surface area contributed by atoms with E-state index in [-0.39, 0.29) is 11.7 Å². The van der Waals surface area contributed by atoms with Gasteiger partial charge in [-0.2, -0.15) is 4.31 Å². The van der Waals surface area contributed by atoms with E-state index in [0.29, 0.717) is 49.9 Å². The molecular weight excluding hydrogens is 400 g/mol. The Hall–Kier alpha value is -2.22. The predicted octanol–water partition coefficient (Wildman–Crippen LogP) is 2.94. The summed E-state index contributed by atoms with van der Waals surface area (Å²) >= 11 is 0. The van der Waals surface area contributed by atoms with Crippen molar-refractivity contribution in [2.75, 3.05) is 32.8 Å². The van der Waals surface area contributed by atoms with Crippen molar-refractivity contribution in [2.45, 2.75) is 31.9 Å². The minimum atomic E-state index is -3.37. The molecule has 0 aliphatic carbocycles. The summed E-state index contributed by atoms with van der Waals surface area (Å²) in [5.74, 6) is 0.281. The molecule has 162 valence electrons. The van der Waals surface area contributed by atoms with Gasteiger partial charge >= 0.3 is 0 Å². The number of rotatable bonds is 8. The molecule has 0 unspecified atom stereocenters. The minimum Gasteiger partial charge on any atom is -0.379 e. The first-order chi connectivity index (χ1) is 14.3. The van der Waals surface area contributed by atoms with Crippen molar-refractivity contribution < 1.29 is 17.9 Å². The predicted molar refractivity (Wildman–Crippen MR) is 118 cm³/mol. The second-order valence-electron chi connectivity index (χ2n) is 7.87. The number of nitrogens with one attached hydrogen (secondary N) is 1. The van der Waals surface area contributed by atoms with Crippen molar-refractivity contribution >= 4 is 15.9 Å². The molecule has 1 amide bonds. The third-order valence-corrected chi connectivity index (χ3v) is 7.12. The van der Waals surface area contributed by atoms with Gasteiger partial charge in [-0.05, 0) is 41.2 Å². The Labute approximate surface area is 179 Å². The van der Waals surface area contributed by atoms with E-state index in [4.69, 9.17) is 4.74 Å². The van der Waals surface area contributed by atoms with E-state index in [9.17, 15) is 13.2 Å². The Morgan fingerprint density at radius 1 is 1.00 bits per heavy atom. The van der Waals surface area contributed by atoms with Crippen molar-refractivity contribution in [1.82, 2.24) is 9.62 Å². The lowest BCUT2D eigenvalue weighted by molar-refractivity contribution is 0.0729. The van der Waals surface area contributed by atoms with Crippen molar-refractivity contribution in [3.05, 3.63) is 70.8 Å². The van der Waals surface area contributed by atoms with Crippen LogP contribution in [0.2, 0.25) is 0 Å². The van der Waals surface area contributed by atoms with Gasteiger partial charge in [-0.15, -0.1) is 0 Å². The number of carbonyl (C=O) groups excluding carboxylic acids is 1. The van der Waals surface area contributed by atoms with E-state index in [0.717, 1.165) is 6.42 Å². The minimum absolute atomic E-state index is 0.0682. The molecule has 0 radical (unpaired) electrons. The maximum atomic E-state index is 12.5. The Morgan fingerprint density at radius 2 is 1.60 bits per heavy atom. The van der Waals surface area contributed by atoms with Gasteiger partial charge < -0.3 is 10.1 Å². The summed E-state index contributed by atoms with van der Waals surface area (Å²) in [4.78, 5) is 12.4. The molecule has 7 heteroatoms. The molecule has 3 rings (SSSR count). The molecule has 1 fully saturated rings. The van der Waals surface area contributed by atoms with E-state index in [1.54, 1.807) is 24.3 Å². The van der Waals surface area contributed by atoms with Crippen LogP contribution in [-0.2, 0) is 26.9 Å². The van der Waals surface area contributed by atoms with E-state index in [2.05, 4.69) is 43.4 Å². The van der Waals surface area contributed by atoms with Gasteiger partial charge in [0.1, 0.15) is 0 Å². The summed E-state index contributed by atoms with van der Waals surface area (Å²) in [6.07, 6.45) is 0.764. The first-order valence-electron chi connectivity index (χ1n) is 10.4. The molecule has 30 heavy (non-hydrogen) atoms. The largest absolute Gasteiger partial charge is 0.379 e. The zero-order valence-electron chi connectivity index (χ0n) is 17.6. The quantitative estimate of drug-likeness (QED) is 0.699. The molecule has 6 nitrogen and oxygen atoms in total. The number of nitrogens with zero attached hydrogens (tertiary/aromatic N) is 1. The smallest absolute Gasteiger partial charge is 0.251 e. The zero-order chi connectivity index (χ0) is 21.6. The average molecular weight is 431 g/mol.